The van der Waals surface area contributed by atoms with E-state index in [9.17, 15) is 18.0 Å². The van der Waals surface area contributed by atoms with Gasteiger partial charge in [-0.3, -0.25) is 13.9 Å². The summed E-state index contributed by atoms with van der Waals surface area (Å²) in [5.41, 5.74) is 1.08. The van der Waals surface area contributed by atoms with Crippen molar-refractivity contribution in [2.24, 2.45) is 0 Å². The van der Waals surface area contributed by atoms with E-state index in [2.05, 4.69) is 5.32 Å². The molecule has 0 aliphatic heterocycles. The van der Waals surface area contributed by atoms with Crippen LogP contribution in [-0.2, 0) is 26.2 Å². The Morgan fingerprint density at radius 2 is 1.68 bits per heavy atom. The molecule has 0 unspecified atom stereocenters. The second-order valence-corrected chi connectivity index (χ2v) is 8.93. The summed E-state index contributed by atoms with van der Waals surface area (Å²) in [5, 5.41) is 2.72. The molecule has 2 aromatic rings. The van der Waals surface area contributed by atoms with Crippen LogP contribution in [0, 0.1) is 0 Å². The lowest BCUT2D eigenvalue weighted by Gasteiger charge is -2.31. The van der Waals surface area contributed by atoms with Crippen LogP contribution in [0.25, 0.3) is 0 Å². The highest BCUT2D eigenvalue weighted by molar-refractivity contribution is 7.92. The van der Waals surface area contributed by atoms with Crippen molar-refractivity contribution in [3.05, 3.63) is 60.2 Å². The topological polar surface area (TPSA) is 96.0 Å². The minimum Gasteiger partial charge on any atom is -0.495 e. The van der Waals surface area contributed by atoms with Crippen molar-refractivity contribution >= 4 is 27.5 Å². The lowest BCUT2D eigenvalue weighted by molar-refractivity contribution is -0.139. The van der Waals surface area contributed by atoms with Gasteiger partial charge in [0.2, 0.25) is 21.8 Å². The number of amides is 2. The zero-order valence-corrected chi connectivity index (χ0v) is 19.1. The van der Waals surface area contributed by atoms with Gasteiger partial charge in [0, 0.05) is 13.1 Å². The summed E-state index contributed by atoms with van der Waals surface area (Å²) < 4.78 is 31.4. The Labute approximate surface area is 183 Å². The SMILES string of the molecule is CCNC(=O)[C@@H](C)N(Cc1ccccc1)C(=O)CN(c1ccccc1OC)S(C)(=O)=O. The van der Waals surface area contributed by atoms with E-state index in [1.165, 1.54) is 12.0 Å². The number of hydrogen-bond donors (Lipinski definition) is 1. The quantitative estimate of drug-likeness (QED) is 0.601. The van der Waals surface area contributed by atoms with Crippen LogP contribution in [0.5, 0.6) is 5.75 Å². The average Bonchev–Trinajstić information content (AvgIpc) is 2.75. The third-order valence-electron chi connectivity index (χ3n) is 4.75. The van der Waals surface area contributed by atoms with Gasteiger partial charge in [0.05, 0.1) is 19.1 Å². The van der Waals surface area contributed by atoms with Gasteiger partial charge in [0.15, 0.2) is 0 Å². The van der Waals surface area contributed by atoms with Crippen LogP contribution in [-0.4, -0.2) is 57.6 Å². The maximum absolute atomic E-state index is 13.3. The highest BCUT2D eigenvalue weighted by Crippen LogP contribution is 2.29. The molecule has 0 aliphatic carbocycles. The predicted molar refractivity (Wildman–Crippen MR) is 120 cm³/mol. The zero-order valence-electron chi connectivity index (χ0n) is 18.2. The molecule has 31 heavy (non-hydrogen) atoms. The lowest BCUT2D eigenvalue weighted by Crippen LogP contribution is -2.51. The molecule has 1 N–H and O–H groups in total. The van der Waals surface area contributed by atoms with Gasteiger partial charge in [-0.15, -0.1) is 0 Å². The summed E-state index contributed by atoms with van der Waals surface area (Å²) >= 11 is 0. The Kier molecular flexibility index (Phi) is 8.44. The number of anilines is 1. The Morgan fingerprint density at radius 3 is 2.26 bits per heavy atom. The highest BCUT2D eigenvalue weighted by atomic mass is 32.2. The Morgan fingerprint density at radius 1 is 1.06 bits per heavy atom. The molecule has 1 atom stereocenters. The number of nitrogens with one attached hydrogen (secondary N) is 1. The second-order valence-electron chi connectivity index (χ2n) is 7.02. The number of carbonyl (C=O) groups excluding carboxylic acids is 2. The van der Waals surface area contributed by atoms with Crippen LogP contribution in [0.4, 0.5) is 5.69 Å². The molecular weight excluding hydrogens is 418 g/mol. The smallest absolute Gasteiger partial charge is 0.244 e. The molecule has 0 spiro atoms. The molecule has 0 saturated carbocycles. The fraction of sp³-hybridized carbons (Fsp3) is 0.364. The van der Waals surface area contributed by atoms with Crippen molar-refractivity contribution in [3.63, 3.8) is 0 Å². The number of para-hydroxylation sites is 2. The van der Waals surface area contributed by atoms with E-state index in [0.717, 1.165) is 16.1 Å². The van der Waals surface area contributed by atoms with Crippen LogP contribution < -0.4 is 14.4 Å². The molecule has 8 nitrogen and oxygen atoms in total. The Hall–Kier alpha value is -3.07. The number of nitrogens with zero attached hydrogens (tertiary/aromatic N) is 2. The number of carbonyl (C=O) groups is 2. The minimum atomic E-state index is -3.80. The molecule has 9 heteroatoms. The molecule has 2 rings (SSSR count). The fourth-order valence-corrected chi connectivity index (χ4v) is 3.97. The summed E-state index contributed by atoms with van der Waals surface area (Å²) in [6.45, 7) is 3.55. The molecule has 0 radical (unpaired) electrons. The molecule has 2 aromatic carbocycles. The molecule has 0 heterocycles. The number of rotatable bonds is 10. The minimum absolute atomic E-state index is 0.168. The molecule has 0 bridgehead atoms. The van der Waals surface area contributed by atoms with Gasteiger partial charge in [-0.2, -0.15) is 0 Å². The first-order chi connectivity index (χ1) is 14.7. The largest absolute Gasteiger partial charge is 0.495 e. The third kappa shape index (κ3) is 6.45. The van der Waals surface area contributed by atoms with E-state index in [1.807, 2.05) is 30.3 Å². The van der Waals surface area contributed by atoms with Crippen molar-refractivity contribution in [1.82, 2.24) is 10.2 Å². The zero-order chi connectivity index (χ0) is 23.0. The van der Waals surface area contributed by atoms with E-state index in [1.54, 1.807) is 38.1 Å². The van der Waals surface area contributed by atoms with E-state index >= 15 is 0 Å². The number of benzene rings is 2. The van der Waals surface area contributed by atoms with Gasteiger partial charge < -0.3 is 15.0 Å². The Bertz CT molecular complexity index is 995. The van der Waals surface area contributed by atoms with Gasteiger partial charge in [0.25, 0.3) is 0 Å². The number of methoxy groups -OCH3 is 1. The van der Waals surface area contributed by atoms with Gasteiger partial charge in [-0.05, 0) is 31.5 Å². The van der Waals surface area contributed by atoms with E-state index in [4.69, 9.17) is 4.74 Å². The third-order valence-corrected chi connectivity index (χ3v) is 5.87. The van der Waals surface area contributed by atoms with E-state index < -0.39 is 28.5 Å². The van der Waals surface area contributed by atoms with Gasteiger partial charge in [-0.1, -0.05) is 42.5 Å². The highest BCUT2D eigenvalue weighted by Gasteiger charge is 2.30. The van der Waals surface area contributed by atoms with E-state index in [-0.39, 0.29) is 18.1 Å². The monoisotopic (exact) mass is 447 g/mol. The second kappa shape index (κ2) is 10.8. The summed E-state index contributed by atoms with van der Waals surface area (Å²) in [4.78, 5) is 27.2. The van der Waals surface area contributed by atoms with Crippen LogP contribution in [0.2, 0.25) is 0 Å². The lowest BCUT2D eigenvalue weighted by atomic mass is 10.1. The van der Waals surface area contributed by atoms with Crippen molar-refractivity contribution in [2.75, 3.05) is 30.8 Å². The van der Waals surface area contributed by atoms with E-state index in [0.29, 0.717) is 12.3 Å². The summed E-state index contributed by atoms with van der Waals surface area (Å²) in [7, 11) is -2.37. The number of hydrogen-bond acceptors (Lipinski definition) is 5. The number of sulfonamides is 1. The van der Waals surface area contributed by atoms with Crippen molar-refractivity contribution < 1.29 is 22.7 Å². The first kappa shape index (κ1) is 24.2. The maximum Gasteiger partial charge on any atom is 0.244 e. The standard InChI is InChI=1S/C22H29N3O5S/c1-5-23-22(27)17(2)24(15-18-11-7-6-8-12-18)21(26)16-25(31(4,28)29)19-13-9-10-14-20(19)30-3/h6-14,17H,5,15-16H2,1-4H3,(H,23,27)/t17-/m1/s1. The fourth-order valence-electron chi connectivity index (χ4n) is 3.12. The molecule has 0 aromatic heterocycles. The summed E-state index contributed by atoms with van der Waals surface area (Å²) in [5.74, 6) is -0.485. The van der Waals surface area contributed by atoms with Crippen molar-refractivity contribution in [1.29, 1.82) is 0 Å². The van der Waals surface area contributed by atoms with Gasteiger partial charge >= 0.3 is 0 Å². The number of likely N-dealkylation sites (N-methyl/N-ethyl adjacent to an activating group) is 1. The molecule has 2 amide bonds. The molecule has 0 fully saturated rings. The average molecular weight is 448 g/mol. The molecular formula is C22H29N3O5S. The molecule has 0 aliphatic rings. The first-order valence-corrected chi connectivity index (χ1v) is 11.8. The normalized spacial score (nSPS) is 12.0. The maximum atomic E-state index is 13.3. The van der Waals surface area contributed by atoms with Crippen molar-refractivity contribution in [3.8, 4) is 5.75 Å². The van der Waals surface area contributed by atoms with Gasteiger partial charge in [0.1, 0.15) is 18.3 Å². The van der Waals surface area contributed by atoms with Crippen molar-refractivity contribution in [2.45, 2.75) is 26.4 Å². The summed E-state index contributed by atoms with van der Waals surface area (Å²) in [6.07, 6.45) is 1.03. The van der Waals surface area contributed by atoms with Crippen LogP contribution in [0.3, 0.4) is 0 Å². The Balaban J connectivity index is 2.40. The van der Waals surface area contributed by atoms with Crippen LogP contribution >= 0.6 is 0 Å². The van der Waals surface area contributed by atoms with Crippen LogP contribution in [0.15, 0.2) is 54.6 Å². The molecule has 0 saturated heterocycles. The number of ether oxygens (including phenoxy) is 1. The molecule has 168 valence electrons. The predicted octanol–water partition coefficient (Wildman–Crippen LogP) is 2.01. The first-order valence-electron chi connectivity index (χ1n) is 9.90. The van der Waals surface area contributed by atoms with Crippen LogP contribution in [0.1, 0.15) is 19.4 Å². The summed E-state index contributed by atoms with van der Waals surface area (Å²) in [6, 6.07) is 15.0. The van der Waals surface area contributed by atoms with Gasteiger partial charge in [-0.25, -0.2) is 8.42 Å².